The number of nitrogens with one attached hydrogen (secondary N) is 3. The van der Waals surface area contributed by atoms with Gasteiger partial charge in [0.25, 0.3) is 11.8 Å². The minimum Gasteiger partial charge on any atom is -0.363 e. The minimum atomic E-state index is -0.461. The fourth-order valence-corrected chi connectivity index (χ4v) is 5.41. The number of aliphatic imine (C=N–C) groups is 1. The van der Waals surface area contributed by atoms with E-state index in [9.17, 15) is 14.9 Å². The number of carbonyl (C=O) groups excluding carboxylic acids is 2. The lowest BCUT2D eigenvalue weighted by atomic mass is 9.90. The number of benzene rings is 3. The Bertz CT molecular complexity index is 1720. The van der Waals surface area contributed by atoms with Gasteiger partial charge in [0.2, 0.25) is 0 Å². The molecule has 0 saturated carbocycles. The van der Waals surface area contributed by atoms with E-state index in [4.69, 9.17) is 9.52 Å². The molecule has 4 aromatic rings. The summed E-state index contributed by atoms with van der Waals surface area (Å²) < 4.78 is 5.09. The second kappa shape index (κ2) is 12.0. The van der Waals surface area contributed by atoms with Crippen molar-refractivity contribution in [2.45, 2.75) is 18.5 Å². The van der Waals surface area contributed by atoms with Gasteiger partial charge in [-0.1, -0.05) is 78.0 Å². The molecule has 6 rings (SSSR count). The van der Waals surface area contributed by atoms with Crippen molar-refractivity contribution < 1.29 is 14.1 Å². The Morgan fingerprint density at radius 1 is 1.05 bits per heavy atom. The Kier molecular flexibility index (Phi) is 7.70. The highest BCUT2D eigenvalue weighted by atomic mass is 16.5. The van der Waals surface area contributed by atoms with Gasteiger partial charge in [-0.2, -0.15) is 5.26 Å². The topological polar surface area (TPSA) is 132 Å². The van der Waals surface area contributed by atoms with Crippen LogP contribution < -0.4 is 16.0 Å². The fourth-order valence-electron chi connectivity index (χ4n) is 5.41. The predicted octanol–water partition coefficient (Wildman–Crippen LogP) is 4.93. The van der Waals surface area contributed by atoms with Crippen LogP contribution in [0.5, 0.6) is 0 Å². The summed E-state index contributed by atoms with van der Waals surface area (Å²) in [6, 6.07) is 26.5. The van der Waals surface area contributed by atoms with Gasteiger partial charge in [0.05, 0.1) is 30.3 Å². The van der Waals surface area contributed by atoms with Crippen LogP contribution in [0.1, 0.15) is 44.3 Å². The molecular weight excluding hydrogens is 528 g/mol. The number of amides is 2. The van der Waals surface area contributed by atoms with Gasteiger partial charge in [-0.05, 0) is 35.8 Å². The average molecular weight is 557 g/mol. The normalized spacial score (nSPS) is 20.1. The van der Waals surface area contributed by atoms with E-state index in [2.05, 4.69) is 27.2 Å². The molecule has 3 N–H and O–H groups in total. The van der Waals surface area contributed by atoms with E-state index in [1.54, 1.807) is 0 Å². The van der Waals surface area contributed by atoms with Crippen LogP contribution in [0, 0.1) is 17.2 Å². The maximum Gasteiger partial charge on any atom is 0.257 e. The highest BCUT2D eigenvalue weighted by Crippen LogP contribution is 2.34. The second-order valence-electron chi connectivity index (χ2n) is 10.1. The van der Waals surface area contributed by atoms with Gasteiger partial charge in [-0.3, -0.25) is 14.6 Å². The van der Waals surface area contributed by atoms with Gasteiger partial charge < -0.3 is 20.5 Å². The second-order valence-corrected chi connectivity index (χ2v) is 10.1. The third-order valence-electron chi connectivity index (χ3n) is 7.47. The van der Waals surface area contributed by atoms with Crippen molar-refractivity contribution in [2.75, 3.05) is 18.4 Å². The van der Waals surface area contributed by atoms with Crippen molar-refractivity contribution in [1.82, 2.24) is 15.8 Å². The number of hydrogen-bond donors (Lipinski definition) is 3. The summed E-state index contributed by atoms with van der Waals surface area (Å²) in [5.74, 6) is -0.908. The maximum absolute atomic E-state index is 13.0. The van der Waals surface area contributed by atoms with Gasteiger partial charge in [0.1, 0.15) is 17.5 Å². The molecule has 1 aromatic heterocycles. The molecule has 3 aromatic carbocycles. The summed E-state index contributed by atoms with van der Waals surface area (Å²) in [4.78, 5) is 30.6. The summed E-state index contributed by atoms with van der Waals surface area (Å²) in [5.41, 5.74) is 5.57. The number of anilines is 1. The quantitative estimate of drug-likeness (QED) is 0.277. The number of para-hydroxylation sites is 1. The number of rotatable bonds is 7. The maximum atomic E-state index is 13.0. The molecule has 2 aliphatic rings. The molecule has 0 fully saturated rings. The number of aromatic nitrogens is 1. The van der Waals surface area contributed by atoms with Crippen LogP contribution in [0.2, 0.25) is 0 Å². The number of hydrogen-bond acceptors (Lipinski definition) is 7. The molecule has 9 heteroatoms. The highest BCUT2D eigenvalue weighted by Gasteiger charge is 2.28. The minimum absolute atomic E-state index is 0.131. The predicted molar refractivity (Wildman–Crippen MR) is 159 cm³/mol. The first-order chi connectivity index (χ1) is 20.6. The van der Waals surface area contributed by atoms with E-state index in [1.807, 2.05) is 91.0 Å². The first kappa shape index (κ1) is 26.9. The Balaban J connectivity index is 1.12. The zero-order valence-corrected chi connectivity index (χ0v) is 22.7. The summed E-state index contributed by atoms with van der Waals surface area (Å²) in [6.07, 6.45) is 5.42. The molecule has 0 saturated heterocycles. The molecule has 0 spiro atoms. The number of fused-ring (bicyclic) bond motifs is 2. The van der Waals surface area contributed by atoms with Crippen molar-refractivity contribution in [1.29, 1.82) is 5.26 Å². The van der Waals surface area contributed by atoms with Crippen molar-refractivity contribution in [2.24, 2.45) is 10.9 Å². The van der Waals surface area contributed by atoms with Crippen LogP contribution in [0.25, 0.3) is 11.3 Å². The fraction of sp³-hybridized carbons (Fsp3) is 0.182. The van der Waals surface area contributed by atoms with Crippen molar-refractivity contribution in [3.8, 4) is 17.3 Å². The molecule has 1 aliphatic carbocycles. The van der Waals surface area contributed by atoms with Crippen LogP contribution in [0.4, 0.5) is 5.69 Å². The standard InChI is InChI=1S/C33H28N6O3/c34-19-22-18-23(37-33(41)27-20-42-39-30(27)21-8-2-1-3-9-21)14-15-28(22)35-16-17-36-31-24-10-4-5-11-25(24)32(40)38-29-13-7-6-12-26(29)31/h1-15,20,22-23,31,36H,16-18H2,(H,37,41)(H,38,40). The molecule has 2 amide bonds. The largest absolute Gasteiger partial charge is 0.363 e. The van der Waals surface area contributed by atoms with Crippen LogP contribution >= 0.6 is 0 Å². The lowest BCUT2D eigenvalue weighted by Gasteiger charge is -2.23. The number of carbonyl (C=O) groups is 2. The van der Waals surface area contributed by atoms with E-state index in [-0.39, 0.29) is 23.9 Å². The summed E-state index contributed by atoms with van der Waals surface area (Å²) in [7, 11) is 0. The van der Waals surface area contributed by atoms with Crippen molar-refractivity contribution in [3.63, 3.8) is 0 Å². The SMILES string of the molecule is N#CC1CC(NC(=O)c2conc2-c2ccccc2)C=CC1=NCCNC1c2ccccc2NC(=O)c2ccccc21. The van der Waals surface area contributed by atoms with Crippen LogP contribution in [0.15, 0.2) is 107 Å². The number of allylic oxidation sites excluding steroid dienone is 1. The van der Waals surface area contributed by atoms with E-state index < -0.39 is 5.92 Å². The van der Waals surface area contributed by atoms with Gasteiger partial charge >= 0.3 is 0 Å². The third kappa shape index (κ3) is 5.48. The molecule has 0 bridgehead atoms. The van der Waals surface area contributed by atoms with Crippen molar-refractivity contribution in [3.05, 3.63) is 120 Å². The van der Waals surface area contributed by atoms with E-state index in [0.29, 0.717) is 42.0 Å². The Morgan fingerprint density at radius 3 is 2.64 bits per heavy atom. The molecule has 0 radical (unpaired) electrons. The Hall–Kier alpha value is -5.33. The highest BCUT2D eigenvalue weighted by molar-refractivity contribution is 6.07. The van der Waals surface area contributed by atoms with Crippen LogP contribution in [-0.2, 0) is 0 Å². The zero-order valence-electron chi connectivity index (χ0n) is 22.7. The lowest BCUT2D eigenvalue weighted by molar-refractivity contribution is 0.0941. The van der Waals surface area contributed by atoms with Gasteiger partial charge in [-0.15, -0.1) is 0 Å². The molecule has 1 aliphatic heterocycles. The van der Waals surface area contributed by atoms with E-state index in [0.717, 1.165) is 22.4 Å². The first-order valence-corrected chi connectivity index (χ1v) is 13.8. The van der Waals surface area contributed by atoms with E-state index in [1.165, 1.54) is 6.26 Å². The smallest absolute Gasteiger partial charge is 0.257 e. The first-order valence-electron chi connectivity index (χ1n) is 13.8. The Morgan fingerprint density at radius 2 is 1.81 bits per heavy atom. The van der Waals surface area contributed by atoms with Gasteiger partial charge in [-0.25, -0.2) is 0 Å². The zero-order chi connectivity index (χ0) is 28.9. The molecule has 3 unspecified atom stereocenters. The van der Waals surface area contributed by atoms with E-state index >= 15 is 0 Å². The molecule has 2 heterocycles. The number of nitrogens with zero attached hydrogens (tertiary/aromatic N) is 3. The summed E-state index contributed by atoms with van der Waals surface area (Å²) in [6.45, 7) is 0.977. The van der Waals surface area contributed by atoms with Crippen LogP contribution in [-0.4, -0.2) is 41.8 Å². The molecule has 3 atom stereocenters. The lowest BCUT2D eigenvalue weighted by Crippen LogP contribution is -2.38. The third-order valence-corrected chi connectivity index (χ3v) is 7.47. The average Bonchev–Trinajstić information content (AvgIpc) is 3.49. The summed E-state index contributed by atoms with van der Waals surface area (Å²) >= 11 is 0. The number of nitriles is 1. The van der Waals surface area contributed by atoms with Gasteiger partial charge in [0.15, 0.2) is 0 Å². The van der Waals surface area contributed by atoms with Gasteiger partial charge in [0, 0.05) is 29.4 Å². The molecule has 208 valence electrons. The van der Waals surface area contributed by atoms with Crippen molar-refractivity contribution >= 4 is 23.2 Å². The molecule has 42 heavy (non-hydrogen) atoms. The summed E-state index contributed by atoms with van der Waals surface area (Å²) in [5, 5.41) is 23.4. The molecule has 9 nitrogen and oxygen atoms in total. The molecular formula is C33H28N6O3. The van der Waals surface area contributed by atoms with Crippen LogP contribution in [0.3, 0.4) is 0 Å². The monoisotopic (exact) mass is 556 g/mol. The Labute approximate surface area is 243 Å².